The van der Waals surface area contributed by atoms with Gasteiger partial charge in [0.05, 0.1) is 12.0 Å². The van der Waals surface area contributed by atoms with Crippen molar-refractivity contribution in [3.8, 4) is 0 Å². The van der Waals surface area contributed by atoms with E-state index in [2.05, 4.69) is 24.1 Å². The predicted octanol–water partition coefficient (Wildman–Crippen LogP) is 2.46. The van der Waals surface area contributed by atoms with Gasteiger partial charge in [0.25, 0.3) is 0 Å². The van der Waals surface area contributed by atoms with Gasteiger partial charge in [0.2, 0.25) is 5.91 Å². The van der Waals surface area contributed by atoms with Gasteiger partial charge < -0.3 is 15.0 Å². The molecule has 5 heteroatoms. The van der Waals surface area contributed by atoms with E-state index in [9.17, 15) is 4.79 Å². The average Bonchev–Trinajstić information content (AvgIpc) is 2.93. The average molecular weight is 319 g/mol. The van der Waals surface area contributed by atoms with Crippen LogP contribution in [0, 0.1) is 10.8 Å². The lowest BCUT2D eigenvalue weighted by atomic mass is 9.78. The molecule has 1 N–H and O–H groups in total. The number of hydrogen-bond acceptors (Lipinski definition) is 3. The van der Waals surface area contributed by atoms with Crippen LogP contribution >= 0.6 is 12.4 Å². The molecule has 0 aliphatic carbocycles. The molecule has 2 saturated heterocycles. The molecule has 0 atom stereocenters. The fraction of sp³-hybridized carbons (Fsp3) is 0.938. The Bertz CT molecular complexity index is 334. The van der Waals surface area contributed by atoms with Crippen LogP contribution in [0.3, 0.4) is 0 Å². The maximum absolute atomic E-state index is 13.1. The number of carbonyl (C=O) groups is 1. The summed E-state index contributed by atoms with van der Waals surface area (Å²) >= 11 is 0. The molecule has 2 rings (SSSR count). The first-order valence-corrected chi connectivity index (χ1v) is 8.10. The van der Waals surface area contributed by atoms with Crippen molar-refractivity contribution in [2.75, 3.05) is 39.9 Å². The second-order valence-electron chi connectivity index (χ2n) is 6.65. The molecule has 0 unspecified atom stereocenters. The molecule has 0 aromatic rings. The monoisotopic (exact) mass is 318 g/mol. The zero-order valence-corrected chi connectivity index (χ0v) is 14.6. The Morgan fingerprint density at radius 3 is 2.29 bits per heavy atom. The Hall–Kier alpha value is -0.320. The highest BCUT2D eigenvalue weighted by Gasteiger charge is 2.46. The van der Waals surface area contributed by atoms with Gasteiger partial charge in [-0.15, -0.1) is 12.4 Å². The number of likely N-dealkylation sites (tertiary alicyclic amines) is 1. The first kappa shape index (κ1) is 18.7. The number of piperidine rings is 1. The van der Waals surface area contributed by atoms with Crippen LogP contribution in [-0.2, 0) is 9.53 Å². The Kier molecular flexibility index (Phi) is 6.95. The molecule has 2 aliphatic rings. The molecule has 2 fully saturated rings. The van der Waals surface area contributed by atoms with E-state index in [0.717, 1.165) is 45.4 Å². The molecular formula is C16H31ClN2O2. The van der Waals surface area contributed by atoms with Crippen molar-refractivity contribution in [1.82, 2.24) is 10.2 Å². The first-order valence-electron chi connectivity index (χ1n) is 8.10. The number of ether oxygens (including phenoxy) is 1. The van der Waals surface area contributed by atoms with Gasteiger partial charge in [0, 0.05) is 20.2 Å². The SMILES string of the molecule is CCC1(CC)CCN(C(=O)C2(COC)CCNCC2)C1.Cl. The van der Waals surface area contributed by atoms with E-state index >= 15 is 0 Å². The summed E-state index contributed by atoms with van der Waals surface area (Å²) in [6.07, 6.45) is 5.31. The van der Waals surface area contributed by atoms with Gasteiger partial charge in [-0.25, -0.2) is 0 Å². The van der Waals surface area contributed by atoms with E-state index in [1.807, 2.05) is 0 Å². The molecule has 21 heavy (non-hydrogen) atoms. The quantitative estimate of drug-likeness (QED) is 0.846. The summed E-state index contributed by atoms with van der Waals surface area (Å²) < 4.78 is 5.39. The van der Waals surface area contributed by atoms with Crippen molar-refractivity contribution < 1.29 is 9.53 Å². The number of amides is 1. The first-order chi connectivity index (χ1) is 9.61. The minimum atomic E-state index is -0.280. The van der Waals surface area contributed by atoms with Gasteiger partial charge in [-0.1, -0.05) is 13.8 Å². The number of methoxy groups -OCH3 is 1. The lowest BCUT2D eigenvalue weighted by Gasteiger charge is -2.39. The summed E-state index contributed by atoms with van der Waals surface area (Å²) in [5.41, 5.74) is 0.0778. The Labute approximate surface area is 135 Å². The molecule has 0 saturated carbocycles. The van der Waals surface area contributed by atoms with Gasteiger partial charge in [-0.3, -0.25) is 4.79 Å². The number of carbonyl (C=O) groups excluding carboxylic acids is 1. The number of halogens is 1. The lowest BCUT2D eigenvalue weighted by molar-refractivity contribution is -0.147. The fourth-order valence-corrected chi connectivity index (χ4v) is 3.87. The van der Waals surface area contributed by atoms with Crippen molar-refractivity contribution in [2.45, 2.75) is 46.0 Å². The molecule has 124 valence electrons. The van der Waals surface area contributed by atoms with E-state index in [0.29, 0.717) is 17.9 Å². The molecule has 2 aliphatic heterocycles. The van der Waals surface area contributed by atoms with Crippen molar-refractivity contribution in [1.29, 1.82) is 0 Å². The van der Waals surface area contributed by atoms with Crippen molar-refractivity contribution in [2.24, 2.45) is 10.8 Å². The summed E-state index contributed by atoms with van der Waals surface area (Å²) in [5, 5.41) is 3.36. The summed E-state index contributed by atoms with van der Waals surface area (Å²) in [6, 6.07) is 0. The van der Waals surface area contributed by atoms with Crippen molar-refractivity contribution in [3.63, 3.8) is 0 Å². The summed E-state index contributed by atoms with van der Waals surface area (Å²) in [6.45, 7) is 8.80. The van der Waals surface area contributed by atoms with Crippen LogP contribution in [0.25, 0.3) is 0 Å². The number of rotatable bonds is 5. The minimum Gasteiger partial charge on any atom is -0.384 e. The van der Waals surface area contributed by atoms with Crippen molar-refractivity contribution in [3.05, 3.63) is 0 Å². The van der Waals surface area contributed by atoms with Crippen molar-refractivity contribution >= 4 is 18.3 Å². The van der Waals surface area contributed by atoms with E-state index in [4.69, 9.17) is 4.74 Å². The second kappa shape index (κ2) is 7.80. The third-order valence-electron chi connectivity index (χ3n) is 5.66. The Morgan fingerprint density at radius 1 is 1.19 bits per heavy atom. The topological polar surface area (TPSA) is 41.6 Å². The highest BCUT2D eigenvalue weighted by Crippen LogP contribution is 2.40. The minimum absolute atomic E-state index is 0. The van der Waals surface area contributed by atoms with Gasteiger partial charge in [-0.05, 0) is 50.6 Å². The number of nitrogens with zero attached hydrogens (tertiary/aromatic N) is 1. The van der Waals surface area contributed by atoms with Crippen LogP contribution in [0.1, 0.15) is 46.0 Å². The van der Waals surface area contributed by atoms with Gasteiger partial charge in [-0.2, -0.15) is 0 Å². The Morgan fingerprint density at radius 2 is 1.81 bits per heavy atom. The third kappa shape index (κ3) is 3.72. The zero-order valence-electron chi connectivity index (χ0n) is 13.7. The van der Waals surface area contributed by atoms with Crippen LogP contribution in [0.15, 0.2) is 0 Å². The van der Waals surface area contributed by atoms with Crippen LogP contribution in [0.2, 0.25) is 0 Å². The normalized spacial score (nSPS) is 23.7. The van der Waals surface area contributed by atoms with Crippen LogP contribution in [0.4, 0.5) is 0 Å². The smallest absolute Gasteiger partial charge is 0.231 e. The van der Waals surface area contributed by atoms with Crippen LogP contribution < -0.4 is 5.32 Å². The maximum Gasteiger partial charge on any atom is 0.231 e. The van der Waals surface area contributed by atoms with Gasteiger partial charge in [0.15, 0.2) is 0 Å². The molecule has 0 aromatic carbocycles. The maximum atomic E-state index is 13.1. The third-order valence-corrected chi connectivity index (χ3v) is 5.66. The van der Waals surface area contributed by atoms with Gasteiger partial charge >= 0.3 is 0 Å². The molecule has 0 radical (unpaired) electrons. The highest BCUT2D eigenvalue weighted by molar-refractivity contribution is 5.85. The number of nitrogens with one attached hydrogen (secondary N) is 1. The van der Waals surface area contributed by atoms with Gasteiger partial charge in [0.1, 0.15) is 0 Å². The zero-order chi connectivity index (χ0) is 14.6. The lowest BCUT2D eigenvalue weighted by Crippen LogP contribution is -2.51. The largest absolute Gasteiger partial charge is 0.384 e. The van der Waals surface area contributed by atoms with E-state index < -0.39 is 0 Å². The van der Waals surface area contributed by atoms with E-state index in [1.165, 1.54) is 12.8 Å². The molecule has 0 spiro atoms. The summed E-state index contributed by atoms with van der Waals surface area (Å²) in [7, 11) is 1.71. The molecule has 2 heterocycles. The molecule has 0 bridgehead atoms. The molecule has 4 nitrogen and oxygen atoms in total. The summed E-state index contributed by atoms with van der Waals surface area (Å²) in [4.78, 5) is 15.2. The standard InChI is InChI=1S/C16H30N2O2.ClH/c1-4-15(5-2)8-11-18(12-15)14(19)16(13-20-3)6-9-17-10-7-16;/h17H,4-13H2,1-3H3;1H. The van der Waals surface area contributed by atoms with Crippen LogP contribution in [-0.4, -0.2) is 50.7 Å². The Balaban J connectivity index is 0.00000220. The molecule has 0 aromatic heterocycles. The van der Waals surface area contributed by atoms with E-state index in [-0.39, 0.29) is 17.8 Å². The molecular weight excluding hydrogens is 288 g/mol. The van der Waals surface area contributed by atoms with Crippen LogP contribution in [0.5, 0.6) is 0 Å². The summed E-state index contributed by atoms with van der Waals surface area (Å²) in [5.74, 6) is 0.338. The highest BCUT2D eigenvalue weighted by atomic mass is 35.5. The predicted molar refractivity (Wildman–Crippen MR) is 87.9 cm³/mol. The fourth-order valence-electron chi connectivity index (χ4n) is 3.87. The number of hydrogen-bond donors (Lipinski definition) is 1. The molecule has 1 amide bonds. The second-order valence-corrected chi connectivity index (χ2v) is 6.65. The van der Waals surface area contributed by atoms with E-state index in [1.54, 1.807) is 7.11 Å².